The number of anilines is 1. The summed E-state index contributed by atoms with van der Waals surface area (Å²) >= 11 is 6.19. The molecule has 1 aromatic rings. The van der Waals surface area contributed by atoms with E-state index in [0.29, 0.717) is 11.7 Å². The smallest absolute Gasteiger partial charge is 0.137 e. The molecule has 1 heterocycles. The van der Waals surface area contributed by atoms with Crippen molar-refractivity contribution in [1.82, 2.24) is 9.97 Å². The first kappa shape index (κ1) is 15.2. The van der Waals surface area contributed by atoms with Crippen LogP contribution in [0.2, 0.25) is 5.15 Å². The van der Waals surface area contributed by atoms with Crippen molar-refractivity contribution < 1.29 is 5.11 Å². The number of aromatic nitrogens is 2. The Labute approximate surface area is 114 Å². The predicted molar refractivity (Wildman–Crippen MR) is 75.5 cm³/mol. The minimum atomic E-state index is -0.148. The van der Waals surface area contributed by atoms with E-state index in [0.717, 1.165) is 23.8 Å². The monoisotopic (exact) mass is 271 g/mol. The number of nitrogens with zero attached hydrogens (tertiary/aromatic N) is 3. The molecule has 5 heteroatoms. The fourth-order valence-electron chi connectivity index (χ4n) is 1.66. The van der Waals surface area contributed by atoms with E-state index in [-0.39, 0.29) is 12.0 Å². The first-order valence-corrected chi connectivity index (χ1v) is 6.59. The maximum atomic E-state index is 9.10. The molecule has 0 fully saturated rings. The Morgan fingerprint density at radius 3 is 2.33 bits per heavy atom. The van der Waals surface area contributed by atoms with Crippen molar-refractivity contribution in [2.45, 2.75) is 40.0 Å². The number of likely N-dealkylation sites (N-methyl/N-ethyl adjacent to an activating group) is 1. The van der Waals surface area contributed by atoms with Crippen molar-refractivity contribution in [3.8, 4) is 0 Å². The Morgan fingerprint density at radius 2 is 1.89 bits per heavy atom. The van der Waals surface area contributed by atoms with E-state index < -0.39 is 0 Å². The summed E-state index contributed by atoms with van der Waals surface area (Å²) < 4.78 is 0. The van der Waals surface area contributed by atoms with Gasteiger partial charge in [-0.25, -0.2) is 9.97 Å². The summed E-state index contributed by atoms with van der Waals surface area (Å²) in [4.78, 5) is 11.0. The maximum Gasteiger partial charge on any atom is 0.137 e. The van der Waals surface area contributed by atoms with Gasteiger partial charge in [-0.15, -0.1) is 0 Å². The quantitative estimate of drug-likeness (QED) is 0.855. The van der Waals surface area contributed by atoms with Gasteiger partial charge in [0, 0.05) is 24.1 Å². The lowest BCUT2D eigenvalue weighted by Crippen LogP contribution is -2.29. The second kappa shape index (κ2) is 5.85. The number of hydrogen-bond donors (Lipinski definition) is 1. The molecule has 0 atom stereocenters. The summed E-state index contributed by atoms with van der Waals surface area (Å²) in [6, 6.07) is 0. The van der Waals surface area contributed by atoms with E-state index in [1.165, 1.54) is 0 Å². The standard InChI is InChI=1S/C13H22ClN3O/c1-6-17(7-8-18)11-9(2)10(14)15-12(16-11)13(3,4)5/h18H,6-8H2,1-5H3. The molecule has 0 aliphatic rings. The lowest BCUT2D eigenvalue weighted by atomic mass is 9.95. The number of aliphatic hydroxyl groups is 1. The van der Waals surface area contributed by atoms with Crippen LogP contribution in [0.4, 0.5) is 5.82 Å². The molecule has 0 aliphatic heterocycles. The first-order valence-electron chi connectivity index (χ1n) is 6.21. The van der Waals surface area contributed by atoms with Crippen molar-refractivity contribution >= 4 is 17.4 Å². The summed E-state index contributed by atoms with van der Waals surface area (Å²) in [5, 5.41) is 9.59. The Hall–Kier alpha value is -0.870. The van der Waals surface area contributed by atoms with E-state index in [4.69, 9.17) is 16.7 Å². The molecule has 0 aromatic carbocycles. The van der Waals surface area contributed by atoms with Gasteiger partial charge in [0.05, 0.1) is 6.61 Å². The van der Waals surface area contributed by atoms with Crippen LogP contribution in [0.15, 0.2) is 0 Å². The second-order valence-corrected chi connectivity index (χ2v) is 5.70. The molecule has 1 aromatic heterocycles. The minimum Gasteiger partial charge on any atom is -0.395 e. The zero-order valence-corrected chi connectivity index (χ0v) is 12.5. The molecule has 18 heavy (non-hydrogen) atoms. The fourth-order valence-corrected chi connectivity index (χ4v) is 1.82. The number of hydrogen-bond acceptors (Lipinski definition) is 4. The van der Waals surface area contributed by atoms with E-state index in [1.54, 1.807) is 0 Å². The third kappa shape index (κ3) is 3.33. The Morgan fingerprint density at radius 1 is 1.28 bits per heavy atom. The van der Waals surface area contributed by atoms with Crippen LogP contribution in [0.1, 0.15) is 39.1 Å². The molecule has 0 amide bonds. The molecule has 0 bridgehead atoms. The van der Waals surface area contributed by atoms with Crippen molar-refractivity contribution in [1.29, 1.82) is 0 Å². The Kier molecular flexibility index (Phi) is 4.93. The van der Waals surface area contributed by atoms with Crippen LogP contribution in [-0.4, -0.2) is 34.8 Å². The Bertz CT molecular complexity index is 415. The lowest BCUT2D eigenvalue weighted by molar-refractivity contribution is 0.302. The van der Waals surface area contributed by atoms with E-state index in [1.807, 2.05) is 18.7 Å². The summed E-state index contributed by atoms with van der Waals surface area (Å²) in [6.07, 6.45) is 0. The van der Waals surface area contributed by atoms with Gasteiger partial charge >= 0.3 is 0 Å². The van der Waals surface area contributed by atoms with E-state index in [9.17, 15) is 0 Å². The number of rotatable bonds is 4. The molecule has 0 saturated heterocycles. The minimum absolute atomic E-state index is 0.0970. The molecular formula is C13H22ClN3O. The second-order valence-electron chi connectivity index (χ2n) is 5.34. The highest BCUT2D eigenvalue weighted by atomic mass is 35.5. The highest BCUT2D eigenvalue weighted by molar-refractivity contribution is 6.30. The predicted octanol–water partition coefficient (Wildman–Crippen LogP) is 2.55. The van der Waals surface area contributed by atoms with Crippen LogP contribution in [0.25, 0.3) is 0 Å². The third-order valence-corrected chi connectivity index (χ3v) is 3.15. The van der Waals surface area contributed by atoms with E-state index >= 15 is 0 Å². The zero-order valence-electron chi connectivity index (χ0n) is 11.8. The van der Waals surface area contributed by atoms with Gasteiger partial charge in [0.2, 0.25) is 0 Å². The highest BCUT2D eigenvalue weighted by Crippen LogP contribution is 2.28. The molecule has 0 radical (unpaired) electrons. The maximum absolute atomic E-state index is 9.10. The van der Waals surface area contributed by atoms with Crippen LogP contribution in [0.5, 0.6) is 0 Å². The number of halogens is 1. The number of aliphatic hydroxyl groups excluding tert-OH is 1. The van der Waals surface area contributed by atoms with Crippen molar-refractivity contribution in [2.75, 3.05) is 24.6 Å². The van der Waals surface area contributed by atoms with Gasteiger partial charge in [0.25, 0.3) is 0 Å². The molecule has 1 N–H and O–H groups in total. The van der Waals surface area contributed by atoms with Gasteiger partial charge in [-0.05, 0) is 13.8 Å². The SMILES string of the molecule is CCN(CCO)c1nc(C(C)(C)C)nc(Cl)c1C. The van der Waals surface area contributed by atoms with Gasteiger partial charge in [0.1, 0.15) is 16.8 Å². The van der Waals surface area contributed by atoms with Crippen molar-refractivity contribution in [2.24, 2.45) is 0 Å². The zero-order chi connectivity index (χ0) is 13.9. The van der Waals surface area contributed by atoms with Crippen LogP contribution < -0.4 is 4.90 Å². The normalized spacial score (nSPS) is 11.7. The Balaban J connectivity index is 3.29. The van der Waals surface area contributed by atoms with Crippen LogP contribution in [-0.2, 0) is 5.41 Å². The molecule has 102 valence electrons. The van der Waals surface area contributed by atoms with Gasteiger partial charge < -0.3 is 10.0 Å². The molecule has 4 nitrogen and oxygen atoms in total. The summed E-state index contributed by atoms with van der Waals surface area (Å²) in [5.41, 5.74) is 0.713. The fraction of sp³-hybridized carbons (Fsp3) is 0.692. The lowest BCUT2D eigenvalue weighted by Gasteiger charge is -2.26. The summed E-state index contributed by atoms with van der Waals surface area (Å²) in [6.45, 7) is 11.5. The molecule has 0 spiro atoms. The van der Waals surface area contributed by atoms with Gasteiger partial charge in [-0.1, -0.05) is 32.4 Å². The van der Waals surface area contributed by atoms with Crippen LogP contribution in [0.3, 0.4) is 0 Å². The topological polar surface area (TPSA) is 49.2 Å². The molecule has 0 saturated carbocycles. The van der Waals surface area contributed by atoms with Gasteiger partial charge in [0.15, 0.2) is 0 Å². The van der Waals surface area contributed by atoms with Crippen molar-refractivity contribution in [3.63, 3.8) is 0 Å². The van der Waals surface area contributed by atoms with Crippen molar-refractivity contribution in [3.05, 3.63) is 16.5 Å². The summed E-state index contributed by atoms with van der Waals surface area (Å²) in [5.74, 6) is 1.54. The van der Waals surface area contributed by atoms with Gasteiger partial charge in [-0.3, -0.25) is 0 Å². The molecular weight excluding hydrogens is 250 g/mol. The highest BCUT2D eigenvalue weighted by Gasteiger charge is 2.22. The third-order valence-electron chi connectivity index (χ3n) is 2.78. The summed E-state index contributed by atoms with van der Waals surface area (Å²) in [7, 11) is 0. The molecule has 0 unspecified atom stereocenters. The first-order chi connectivity index (χ1) is 8.31. The van der Waals surface area contributed by atoms with Gasteiger partial charge in [-0.2, -0.15) is 0 Å². The average Bonchev–Trinajstić information content (AvgIpc) is 2.28. The molecule has 0 aliphatic carbocycles. The molecule has 1 rings (SSSR count). The average molecular weight is 272 g/mol. The van der Waals surface area contributed by atoms with Crippen LogP contribution >= 0.6 is 11.6 Å². The largest absolute Gasteiger partial charge is 0.395 e. The van der Waals surface area contributed by atoms with E-state index in [2.05, 4.69) is 30.7 Å². The van der Waals surface area contributed by atoms with Crippen LogP contribution in [0, 0.1) is 6.92 Å².